The molecule has 4 heteroatoms. The molecule has 1 aliphatic carbocycles. The summed E-state index contributed by atoms with van der Waals surface area (Å²) in [7, 11) is 0. The molecule has 0 fully saturated rings. The van der Waals surface area contributed by atoms with E-state index in [9.17, 15) is 0 Å². The molecule has 0 aliphatic heterocycles. The second kappa shape index (κ2) is 11.8. The first kappa shape index (κ1) is 29.8. The summed E-state index contributed by atoms with van der Waals surface area (Å²) in [5, 5.41) is 3.82. The van der Waals surface area contributed by atoms with E-state index in [2.05, 4.69) is 196 Å². The molecule has 3 heterocycles. The summed E-state index contributed by atoms with van der Waals surface area (Å²) in [6, 6.07) is 61.2. The Morgan fingerprint density at radius 2 is 0.981 bits per heavy atom. The molecule has 1 aliphatic rings. The third-order valence-corrected chi connectivity index (χ3v) is 10.9. The number of aromatic nitrogens is 4. The van der Waals surface area contributed by atoms with Crippen LogP contribution in [-0.2, 0) is 6.42 Å². The molecule has 0 spiro atoms. The Bertz CT molecular complexity index is 3030. The lowest BCUT2D eigenvalue weighted by atomic mass is 9.98. The highest BCUT2D eigenvalue weighted by molar-refractivity contribution is 6.10. The van der Waals surface area contributed by atoms with Crippen LogP contribution in [0.2, 0.25) is 0 Å². The highest BCUT2D eigenvalue weighted by Gasteiger charge is 2.21. The predicted octanol–water partition coefficient (Wildman–Crippen LogP) is 12.4. The summed E-state index contributed by atoms with van der Waals surface area (Å²) in [5.74, 6) is 0.944. The second-order valence-electron chi connectivity index (χ2n) is 13.9. The van der Waals surface area contributed by atoms with E-state index in [0.29, 0.717) is 0 Å². The first-order valence-corrected chi connectivity index (χ1v) is 18.4. The van der Waals surface area contributed by atoms with E-state index in [4.69, 9.17) is 4.98 Å². The van der Waals surface area contributed by atoms with Crippen LogP contribution in [0.5, 0.6) is 0 Å². The minimum absolute atomic E-state index is 0.944. The Labute approximate surface area is 307 Å². The van der Waals surface area contributed by atoms with Crippen LogP contribution in [0, 0.1) is 0 Å². The van der Waals surface area contributed by atoms with Gasteiger partial charge >= 0.3 is 0 Å². The van der Waals surface area contributed by atoms with E-state index in [1.807, 2.05) is 0 Å². The van der Waals surface area contributed by atoms with E-state index in [0.717, 1.165) is 41.0 Å². The van der Waals surface area contributed by atoms with Crippen LogP contribution in [0.25, 0.3) is 89.4 Å². The van der Waals surface area contributed by atoms with Crippen LogP contribution in [0.4, 0.5) is 0 Å². The highest BCUT2D eigenvalue weighted by atomic mass is 15.1. The fourth-order valence-electron chi connectivity index (χ4n) is 8.52. The highest BCUT2D eigenvalue weighted by Crippen LogP contribution is 2.39. The summed E-state index contributed by atoms with van der Waals surface area (Å²) >= 11 is 0. The molecule has 3 aromatic heterocycles. The molecule has 0 radical (unpaired) electrons. The zero-order valence-electron chi connectivity index (χ0n) is 29.0. The first-order chi connectivity index (χ1) is 26.3. The summed E-state index contributed by atoms with van der Waals surface area (Å²) < 4.78 is 7.11. The Hall–Kier alpha value is -6.91. The average Bonchev–Trinajstić information content (AvgIpc) is 3.89. The molecule has 11 rings (SSSR count). The quantitative estimate of drug-likeness (QED) is 0.178. The predicted molar refractivity (Wildman–Crippen MR) is 220 cm³/mol. The molecule has 10 aromatic rings. The number of hydrogen-bond donors (Lipinski definition) is 0. The monoisotopic (exact) mass is 678 g/mol. The molecular formula is C49H34N4. The molecule has 0 saturated heterocycles. The van der Waals surface area contributed by atoms with Crippen molar-refractivity contribution in [3.8, 4) is 39.6 Å². The number of benzene rings is 7. The van der Waals surface area contributed by atoms with Crippen molar-refractivity contribution < 1.29 is 0 Å². The van der Waals surface area contributed by atoms with Crippen LogP contribution >= 0.6 is 0 Å². The number of rotatable bonds is 5. The van der Waals surface area contributed by atoms with Gasteiger partial charge in [0.2, 0.25) is 0 Å². The number of allylic oxidation sites excluding steroid dienone is 1. The molecule has 0 saturated carbocycles. The van der Waals surface area contributed by atoms with Crippen molar-refractivity contribution in [1.82, 2.24) is 18.7 Å². The lowest BCUT2D eigenvalue weighted by Crippen LogP contribution is -2.03. The summed E-state index contributed by atoms with van der Waals surface area (Å²) in [6.45, 7) is 0. The van der Waals surface area contributed by atoms with Crippen molar-refractivity contribution in [3.05, 3.63) is 187 Å². The molecule has 0 amide bonds. The average molecular weight is 679 g/mol. The maximum atomic E-state index is 5.11. The Balaban J connectivity index is 1.02. The third-order valence-electron chi connectivity index (χ3n) is 10.9. The Morgan fingerprint density at radius 1 is 0.415 bits per heavy atom. The largest absolute Gasteiger partial charge is 0.313 e. The first-order valence-electron chi connectivity index (χ1n) is 18.4. The maximum Gasteiger partial charge on any atom is 0.145 e. The van der Waals surface area contributed by atoms with Crippen LogP contribution in [0.3, 0.4) is 0 Å². The number of nitrogens with zero attached hydrogens (tertiary/aromatic N) is 4. The van der Waals surface area contributed by atoms with Gasteiger partial charge in [-0.05, 0) is 115 Å². The zero-order valence-corrected chi connectivity index (χ0v) is 29.0. The van der Waals surface area contributed by atoms with Gasteiger partial charge in [-0.2, -0.15) is 0 Å². The van der Waals surface area contributed by atoms with Crippen LogP contribution < -0.4 is 0 Å². The molecule has 250 valence electrons. The molecular weight excluding hydrogens is 645 g/mol. The van der Waals surface area contributed by atoms with Crippen molar-refractivity contribution in [3.63, 3.8) is 0 Å². The molecule has 0 N–H and O–H groups in total. The van der Waals surface area contributed by atoms with Gasteiger partial charge in [0.25, 0.3) is 0 Å². The number of fused-ring (bicyclic) bond motifs is 7. The molecule has 7 aromatic carbocycles. The third kappa shape index (κ3) is 4.66. The Kier molecular flexibility index (Phi) is 6.65. The SMILES string of the molecule is C1=Cc2c(n(-c3ccc(-c4nc5ccccc5n4-c4ccccc4)cc3)c3ccc(-c4ccc5c(c4)c4ccccc4n5-c4ccccc4)cc23)CC1. The standard InChI is InChI=1S/C49H34N4/c1-3-13-36(14-4-1)51-44-20-10-7-17-39(44)41-31-34(25-29-46(41)51)35-26-30-47-42(32-35)40-18-8-11-21-45(40)52(47)38-27-23-33(24-28-38)49-50-43-19-9-12-22-48(43)53(49)37-15-5-2-6-16-37/h1-10,12-20,22-32H,11,21H2. The Morgan fingerprint density at radius 3 is 1.74 bits per heavy atom. The number of imidazole rings is 1. The van der Waals surface area contributed by atoms with Crippen molar-refractivity contribution in [2.24, 2.45) is 0 Å². The van der Waals surface area contributed by atoms with Crippen molar-refractivity contribution in [1.29, 1.82) is 0 Å². The summed E-state index contributed by atoms with van der Waals surface area (Å²) in [6.07, 6.45) is 6.69. The van der Waals surface area contributed by atoms with Gasteiger partial charge in [0.1, 0.15) is 5.82 Å². The smallest absolute Gasteiger partial charge is 0.145 e. The van der Waals surface area contributed by atoms with Crippen LogP contribution in [0.15, 0.2) is 176 Å². The molecule has 0 atom stereocenters. The lowest BCUT2D eigenvalue weighted by molar-refractivity contribution is 0.888. The molecule has 0 unspecified atom stereocenters. The van der Waals surface area contributed by atoms with Gasteiger partial charge in [-0.1, -0.05) is 91.0 Å². The van der Waals surface area contributed by atoms with Gasteiger partial charge in [-0.3, -0.25) is 4.57 Å². The fourth-order valence-corrected chi connectivity index (χ4v) is 8.52. The minimum atomic E-state index is 0.944. The normalized spacial score (nSPS) is 12.7. The second-order valence-corrected chi connectivity index (χ2v) is 13.9. The topological polar surface area (TPSA) is 27.7 Å². The van der Waals surface area contributed by atoms with Crippen LogP contribution in [-0.4, -0.2) is 18.7 Å². The number of para-hydroxylation sites is 5. The van der Waals surface area contributed by atoms with Crippen LogP contribution in [0.1, 0.15) is 17.7 Å². The van der Waals surface area contributed by atoms with E-state index in [1.165, 1.54) is 66.5 Å². The maximum absolute atomic E-state index is 5.11. The van der Waals surface area contributed by atoms with Gasteiger partial charge in [0.05, 0.1) is 27.6 Å². The van der Waals surface area contributed by atoms with E-state index < -0.39 is 0 Å². The van der Waals surface area contributed by atoms with E-state index in [1.54, 1.807) is 0 Å². The van der Waals surface area contributed by atoms with Crippen molar-refractivity contribution in [2.75, 3.05) is 0 Å². The molecule has 53 heavy (non-hydrogen) atoms. The van der Waals surface area contributed by atoms with E-state index >= 15 is 0 Å². The minimum Gasteiger partial charge on any atom is -0.313 e. The van der Waals surface area contributed by atoms with E-state index in [-0.39, 0.29) is 0 Å². The fraction of sp³-hybridized carbons (Fsp3) is 0.0408. The van der Waals surface area contributed by atoms with Crippen molar-refractivity contribution >= 4 is 49.8 Å². The van der Waals surface area contributed by atoms with Crippen molar-refractivity contribution in [2.45, 2.75) is 12.8 Å². The number of hydrogen-bond acceptors (Lipinski definition) is 1. The lowest BCUT2D eigenvalue weighted by Gasteiger charge is -2.14. The van der Waals surface area contributed by atoms with Gasteiger partial charge in [-0.25, -0.2) is 4.98 Å². The van der Waals surface area contributed by atoms with Gasteiger partial charge in [0.15, 0.2) is 0 Å². The summed E-state index contributed by atoms with van der Waals surface area (Å²) in [4.78, 5) is 5.11. The van der Waals surface area contributed by atoms with Gasteiger partial charge in [-0.15, -0.1) is 0 Å². The zero-order chi connectivity index (χ0) is 34.9. The summed E-state index contributed by atoms with van der Waals surface area (Å²) in [5.41, 5.74) is 15.4. The molecule has 0 bridgehead atoms. The molecule has 4 nitrogen and oxygen atoms in total. The van der Waals surface area contributed by atoms with Gasteiger partial charge in [0, 0.05) is 50.0 Å². The van der Waals surface area contributed by atoms with Gasteiger partial charge < -0.3 is 9.13 Å².